The van der Waals surface area contributed by atoms with Gasteiger partial charge in [0.15, 0.2) is 0 Å². The van der Waals surface area contributed by atoms with Crippen molar-refractivity contribution < 1.29 is 9.59 Å². The lowest BCUT2D eigenvalue weighted by Crippen LogP contribution is -2.46. The third kappa shape index (κ3) is 2.65. The lowest BCUT2D eigenvalue weighted by atomic mass is 9.54. The molecule has 1 aliphatic carbocycles. The van der Waals surface area contributed by atoms with Crippen molar-refractivity contribution in [2.45, 2.75) is 28.6 Å². The number of thioether (sulfide) groups is 1. The van der Waals surface area contributed by atoms with Gasteiger partial charge >= 0.3 is 0 Å². The summed E-state index contributed by atoms with van der Waals surface area (Å²) in [5, 5.41) is 0.133. The van der Waals surface area contributed by atoms with Crippen LogP contribution in [0, 0.1) is 0 Å². The number of aldehydes is 1. The first-order valence-corrected chi connectivity index (χ1v) is 10.7. The first kappa shape index (κ1) is 18.1. The summed E-state index contributed by atoms with van der Waals surface area (Å²) in [6.45, 7) is 0. The Kier molecular flexibility index (Phi) is 4.48. The van der Waals surface area contributed by atoms with Crippen LogP contribution in [0.5, 0.6) is 0 Å². The van der Waals surface area contributed by atoms with Crippen LogP contribution in [0.2, 0.25) is 0 Å². The monoisotopic (exact) mass is 396 g/mol. The predicted octanol–water partition coefficient (Wildman–Crippen LogP) is 5.65. The maximum atomic E-state index is 13.9. The second-order valence-corrected chi connectivity index (χ2v) is 8.63. The summed E-state index contributed by atoms with van der Waals surface area (Å²) in [7, 11) is 0. The second-order valence-electron chi connectivity index (χ2n) is 7.62. The van der Waals surface area contributed by atoms with Gasteiger partial charge in [-0.1, -0.05) is 96.7 Å². The summed E-state index contributed by atoms with van der Waals surface area (Å²) >= 11 is 1.32. The van der Waals surface area contributed by atoms with Gasteiger partial charge in [0.25, 0.3) is 0 Å². The Morgan fingerprint density at radius 2 is 1.45 bits per heavy atom. The van der Waals surface area contributed by atoms with E-state index in [0.717, 1.165) is 27.9 Å². The summed E-state index contributed by atoms with van der Waals surface area (Å²) < 4.78 is 0. The molecule has 0 bridgehead atoms. The van der Waals surface area contributed by atoms with E-state index in [-0.39, 0.29) is 17.0 Å². The van der Waals surface area contributed by atoms with Gasteiger partial charge in [0, 0.05) is 16.7 Å². The zero-order chi connectivity index (χ0) is 19.8. The van der Waals surface area contributed by atoms with Crippen LogP contribution >= 0.6 is 11.8 Å². The van der Waals surface area contributed by atoms with Crippen molar-refractivity contribution in [3.8, 4) is 0 Å². The molecule has 142 valence electrons. The Morgan fingerprint density at radius 3 is 2.14 bits per heavy atom. The zero-order valence-corrected chi connectivity index (χ0v) is 16.6. The molecule has 0 N–H and O–H groups in total. The Labute approximate surface area is 174 Å². The van der Waals surface area contributed by atoms with E-state index in [9.17, 15) is 9.59 Å². The Hall–Kier alpha value is -2.91. The lowest BCUT2D eigenvalue weighted by Gasteiger charge is -2.46. The molecule has 2 aliphatic rings. The number of hydrogen-bond donors (Lipinski definition) is 0. The molecule has 0 radical (unpaired) electrons. The highest BCUT2D eigenvalue weighted by Gasteiger charge is 2.59. The van der Waals surface area contributed by atoms with E-state index in [2.05, 4.69) is 18.2 Å². The summed E-state index contributed by atoms with van der Waals surface area (Å²) in [4.78, 5) is 27.0. The van der Waals surface area contributed by atoms with Crippen LogP contribution in [-0.4, -0.2) is 11.4 Å². The van der Waals surface area contributed by atoms with Gasteiger partial charge < -0.3 is 0 Å². The Bertz CT molecular complexity index is 1100. The fourth-order valence-electron chi connectivity index (χ4n) is 5.12. The summed E-state index contributed by atoms with van der Waals surface area (Å²) in [6, 6.07) is 28.3. The number of hydrogen-bond acceptors (Lipinski definition) is 3. The Morgan fingerprint density at radius 1 is 0.828 bits per heavy atom. The van der Waals surface area contributed by atoms with Crippen molar-refractivity contribution in [1.82, 2.24) is 0 Å². The standard InChI is InChI=1S/C26H20O2S/c27-17-20-15-16-21(18-9-3-1-4-10-18)26(24(20)19-11-5-2-6-12-19)22-13-7-8-14-23(22)29-25(26)28/h1-15,17,21,24H,16H2/t21-,24+,26-/m0/s1. The molecule has 0 saturated carbocycles. The maximum Gasteiger partial charge on any atom is 0.205 e. The third-order valence-corrected chi connectivity index (χ3v) is 7.37. The maximum absolute atomic E-state index is 13.9. The summed E-state index contributed by atoms with van der Waals surface area (Å²) in [5.41, 5.74) is 3.10. The van der Waals surface area contributed by atoms with Crippen molar-refractivity contribution in [3.05, 3.63) is 113 Å². The average Bonchev–Trinajstić information content (AvgIpc) is 3.07. The van der Waals surface area contributed by atoms with E-state index in [1.807, 2.05) is 72.8 Å². The minimum atomic E-state index is -0.797. The number of allylic oxidation sites excluding steroid dienone is 2. The minimum absolute atomic E-state index is 0.0266. The van der Waals surface area contributed by atoms with E-state index in [4.69, 9.17) is 0 Å². The fraction of sp³-hybridized carbons (Fsp3) is 0.154. The highest BCUT2D eigenvalue weighted by atomic mass is 32.2. The predicted molar refractivity (Wildman–Crippen MR) is 116 cm³/mol. The van der Waals surface area contributed by atoms with Crippen molar-refractivity contribution in [1.29, 1.82) is 0 Å². The topological polar surface area (TPSA) is 34.1 Å². The number of carbonyl (C=O) groups is 2. The van der Waals surface area contributed by atoms with Crippen LogP contribution < -0.4 is 0 Å². The van der Waals surface area contributed by atoms with Gasteiger partial charge in [-0.05, 0) is 34.8 Å². The molecular weight excluding hydrogens is 376 g/mol. The lowest BCUT2D eigenvalue weighted by molar-refractivity contribution is -0.117. The first-order chi connectivity index (χ1) is 14.3. The number of fused-ring (bicyclic) bond motifs is 2. The van der Waals surface area contributed by atoms with Crippen molar-refractivity contribution in [3.63, 3.8) is 0 Å². The van der Waals surface area contributed by atoms with E-state index < -0.39 is 5.41 Å². The molecule has 0 unspecified atom stereocenters. The summed E-state index contributed by atoms with van der Waals surface area (Å²) in [6.07, 6.45) is 3.65. The van der Waals surface area contributed by atoms with Crippen molar-refractivity contribution in [2.24, 2.45) is 0 Å². The molecule has 3 atom stereocenters. The molecular formula is C26H20O2S. The number of benzene rings is 3. The SMILES string of the molecule is O=CC1=CC[C@@H](c2ccccc2)[C@@]2(C(=O)Sc3ccccc32)[C@@H]1c1ccccc1. The quantitative estimate of drug-likeness (QED) is 0.536. The first-order valence-electron chi connectivity index (χ1n) is 9.83. The van der Waals surface area contributed by atoms with Crippen molar-refractivity contribution in [2.75, 3.05) is 0 Å². The van der Waals surface area contributed by atoms with Gasteiger partial charge in [0.2, 0.25) is 5.12 Å². The van der Waals surface area contributed by atoms with Gasteiger partial charge in [-0.15, -0.1) is 0 Å². The van der Waals surface area contributed by atoms with E-state index in [0.29, 0.717) is 12.0 Å². The molecule has 3 aromatic rings. The second kappa shape index (κ2) is 7.16. The normalized spacial score (nSPS) is 25.5. The van der Waals surface area contributed by atoms with Crippen LogP contribution in [0.15, 0.2) is 101 Å². The van der Waals surface area contributed by atoms with Gasteiger partial charge in [0.1, 0.15) is 6.29 Å². The molecule has 0 aromatic heterocycles. The molecule has 29 heavy (non-hydrogen) atoms. The molecule has 1 aliphatic heterocycles. The Balaban J connectivity index is 1.85. The molecule has 1 spiro atoms. The van der Waals surface area contributed by atoms with Gasteiger partial charge in [0.05, 0.1) is 5.41 Å². The third-order valence-electron chi connectivity index (χ3n) is 6.27. The smallest absolute Gasteiger partial charge is 0.205 e. The van der Waals surface area contributed by atoms with Gasteiger partial charge in [-0.2, -0.15) is 0 Å². The van der Waals surface area contributed by atoms with Crippen LogP contribution in [-0.2, 0) is 15.0 Å². The fourth-order valence-corrected chi connectivity index (χ4v) is 6.35. The minimum Gasteiger partial charge on any atom is -0.298 e. The molecule has 2 nitrogen and oxygen atoms in total. The largest absolute Gasteiger partial charge is 0.298 e. The van der Waals surface area contributed by atoms with E-state index >= 15 is 0 Å². The molecule has 0 amide bonds. The number of carbonyl (C=O) groups excluding carboxylic acids is 2. The van der Waals surface area contributed by atoms with Crippen molar-refractivity contribution >= 4 is 23.2 Å². The average molecular weight is 397 g/mol. The molecule has 3 heteroatoms. The van der Waals surface area contributed by atoms with Crippen LogP contribution in [0.4, 0.5) is 0 Å². The molecule has 0 saturated heterocycles. The van der Waals surface area contributed by atoms with Gasteiger partial charge in [-0.3, -0.25) is 9.59 Å². The highest BCUT2D eigenvalue weighted by Crippen LogP contribution is 2.63. The van der Waals surface area contributed by atoms with Gasteiger partial charge in [-0.25, -0.2) is 0 Å². The number of rotatable bonds is 3. The van der Waals surface area contributed by atoms with E-state index in [1.165, 1.54) is 11.8 Å². The highest BCUT2D eigenvalue weighted by molar-refractivity contribution is 8.14. The van der Waals surface area contributed by atoms with Crippen LogP contribution in [0.25, 0.3) is 0 Å². The zero-order valence-electron chi connectivity index (χ0n) is 15.8. The molecule has 0 fully saturated rings. The molecule has 3 aromatic carbocycles. The molecule has 1 heterocycles. The summed E-state index contributed by atoms with van der Waals surface area (Å²) in [5.74, 6) is -0.329. The molecule has 5 rings (SSSR count). The van der Waals surface area contributed by atoms with Crippen LogP contribution in [0.3, 0.4) is 0 Å². The van der Waals surface area contributed by atoms with E-state index in [1.54, 1.807) is 0 Å². The van der Waals surface area contributed by atoms with Crippen LogP contribution in [0.1, 0.15) is 34.9 Å².